The lowest BCUT2D eigenvalue weighted by Gasteiger charge is -2.28. The molecular formula is C18H29NO2. The van der Waals surface area contributed by atoms with E-state index in [1.54, 1.807) is 0 Å². The van der Waals surface area contributed by atoms with Gasteiger partial charge in [0, 0.05) is 12.6 Å². The van der Waals surface area contributed by atoms with Crippen LogP contribution in [0.3, 0.4) is 0 Å². The zero-order valence-corrected chi connectivity index (χ0v) is 13.6. The van der Waals surface area contributed by atoms with Gasteiger partial charge in [0.05, 0.1) is 18.3 Å². The quantitative estimate of drug-likeness (QED) is 0.875. The second kappa shape index (κ2) is 7.39. The summed E-state index contributed by atoms with van der Waals surface area (Å²) in [7, 11) is 0. The number of likely N-dealkylation sites (tertiary alicyclic amines) is 1. The van der Waals surface area contributed by atoms with Gasteiger partial charge in [0.2, 0.25) is 0 Å². The van der Waals surface area contributed by atoms with E-state index in [1.807, 2.05) is 20.8 Å². The SMILES string of the molecule is CC(C)(C)OCC(O)CN1CCCC1Cc1ccccc1. The van der Waals surface area contributed by atoms with Crippen molar-refractivity contribution in [3.63, 3.8) is 0 Å². The molecule has 2 atom stereocenters. The van der Waals surface area contributed by atoms with Crippen LogP contribution in [-0.2, 0) is 11.2 Å². The Balaban J connectivity index is 1.81. The average molecular weight is 291 g/mol. The molecule has 1 saturated heterocycles. The van der Waals surface area contributed by atoms with Crippen LogP contribution in [0.4, 0.5) is 0 Å². The Labute approximate surface area is 128 Å². The largest absolute Gasteiger partial charge is 0.389 e. The predicted octanol–water partition coefficient (Wildman–Crippen LogP) is 2.87. The van der Waals surface area contributed by atoms with Crippen molar-refractivity contribution >= 4 is 0 Å². The topological polar surface area (TPSA) is 32.7 Å². The Morgan fingerprint density at radius 2 is 2.00 bits per heavy atom. The first kappa shape index (κ1) is 16.5. The molecule has 3 nitrogen and oxygen atoms in total. The molecule has 0 radical (unpaired) electrons. The van der Waals surface area contributed by atoms with Crippen molar-refractivity contribution in [3.8, 4) is 0 Å². The molecule has 2 rings (SSSR count). The first-order valence-corrected chi connectivity index (χ1v) is 8.04. The number of benzene rings is 1. The lowest BCUT2D eigenvalue weighted by molar-refractivity contribution is -0.0568. The molecule has 118 valence electrons. The normalized spacial score (nSPS) is 21.6. The Hall–Kier alpha value is -0.900. The summed E-state index contributed by atoms with van der Waals surface area (Å²) in [4.78, 5) is 2.42. The second-order valence-electron chi connectivity index (χ2n) is 7.06. The molecule has 1 aromatic rings. The van der Waals surface area contributed by atoms with E-state index in [4.69, 9.17) is 4.74 Å². The van der Waals surface area contributed by atoms with Crippen molar-refractivity contribution in [1.29, 1.82) is 0 Å². The van der Waals surface area contributed by atoms with E-state index in [-0.39, 0.29) is 5.60 Å². The van der Waals surface area contributed by atoms with Crippen molar-refractivity contribution < 1.29 is 9.84 Å². The fourth-order valence-corrected chi connectivity index (χ4v) is 2.92. The maximum atomic E-state index is 10.2. The van der Waals surface area contributed by atoms with E-state index in [2.05, 4.69) is 35.2 Å². The molecule has 1 aliphatic heterocycles. The van der Waals surface area contributed by atoms with E-state index in [1.165, 1.54) is 18.4 Å². The first-order chi connectivity index (χ1) is 9.94. The van der Waals surface area contributed by atoms with Gasteiger partial charge >= 0.3 is 0 Å². The highest BCUT2D eigenvalue weighted by Gasteiger charge is 2.26. The Morgan fingerprint density at radius 3 is 2.67 bits per heavy atom. The molecule has 1 heterocycles. The molecule has 1 aromatic carbocycles. The monoisotopic (exact) mass is 291 g/mol. The third-order valence-corrected chi connectivity index (χ3v) is 3.97. The average Bonchev–Trinajstić information content (AvgIpc) is 2.84. The van der Waals surface area contributed by atoms with Gasteiger partial charge < -0.3 is 9.84 Å². The smallest absolute Gasteiger partial charge is 0.0900 e. The van der Waals surface area contributed by atoms with E-state index in [0.29, 0.717) is 19.2 Å². The summed E-state index contributed by atoms with van der Waals surface area (Å²) in [5.41, 5.74) is 1.20. The molecule has 0 saturated carbocycles. The molecule has 3 heteroatoms. The molecule has 2 unspecified atom stereocenters. The summed E-state index contributed by atoms with van der Waals surface area (Å²) in [5.74, 6) is 0. The van der Waals surface area contributed by atoms with Gasteiger partial charge in [-0.15, -0.1) is 0 Å². The lowest BCUT2D eigenvalue weighted by atomic mass is 10.0. The van der Waals surface area contributed by atoms with E-state index in [9.17, 15) is 5.11 Å². The number of ether oxygens (including phenoxy) is 1. The molecule has 0 aliphatic carbocycles. The molecule has 0 spiro atoms. The van der Waals surface area contributed by atoms with Crippen molar-refractivity contribution in [2.45, 2.75) is 57.8 Å². The van der Waals surface area contributed by atoms with E-state index in [0.717, 1.165) is 13.0 Å². The van der Waals surface area contributed by atoms with E-state index >= 15 is 0 Å². The minimum Gasteiger partial charge on any atom is -0.389 e. The molecule has 0 aromatic heterocycles. The number of nitrogens with zero attached hydrogens (tertiary/aromatic N) is 1. The Kier molecular flexibility index (Phi) is 5.80. The summed E-state index contributed by atoms with van der Waals surface area (Å²) in [6.07, 6.45) is 3.13. The van der Waals surface area contributed by atoms with Crippen LogP contribution in [0.25, 0.3) is 0 Å². The molecule has 21 heavy (non-hydrogen) atoms. The predicted molar refractivity (Wildman–Crippen MR) is 86.5 cm³/mol. The Morgan fingerprint density at radius 1 is 1.29 bits per heavy atom. The number of hydrogen-bond acceptors (Lipinski definition) is 3. The van der Waals surface area contributed by atoms with Crippen LogP contribution in [0.15, 0.2) is 30.3 Å². The van der Waals surface area contributed by atoms with Gasteiger partial charge in [-0.1, -0.05) is 30.3 Å². The van der Waals surface area contributed by atoms with Gasteiger partial charge in [0.1, 0.15) is 0 Å². The summed E-state index contributed by atoms with van der Waals surface area (Å²) in [6, 6.07) is 11.2. The molecule has 1 aliphatic rings. The molecular weight excluding hydrogens is 262 g/mol. The molecule has 0 bridgehead atoms. The summed E-state index contributed by atoms with van der Waals surface area (Å²) >= 11 is 0. The van der Waals surface area contributed by atoms with Crippen LogP contribution in [-0.4, -0.2) is 47.4 Å². The van der Waals surface area contributed by atoms with Gasteiger partial charge in [0.15, 0.2) is 0 Å². The molecule has 0 amide bonds. The zero-order valence-electron chi connectivity index (χ0n) is 13.6. The second-order valence-corrected chi connectivity index (χ2v) is 7.06. The fraction of sp³-hybridized carbons (Fsp3) is 0.667. The Bertz CT molecular complexity index is 413. The highest BCUT2D eigenvalue weighted by atomic mass is 16.5. The van der Waals surface area contributed by atoms with Gasteiger partial charge in [-0.3, -0.25) is 4.90 Å². The van der Waals surface area contributed by atoms with Gasteiger partial charge in [-0.25, -0.2) is 0 Å². The van der Waals surface area contributed by atoms with Crippen molar-refractivity contribution in [3.05, 3.63) is 35.9 Å². The van der Waals surface area contributed by atoms with Crippen LogP contribution in [0, 0.1) is 0 Å². The van der Waals surface area contributed by atoms with Crippen molar-refractivity contribution in [2.24, 2.45) is 0 Å². The van der Waals surface area contributed by atoms with Crippen LogP contribution < -0.4 is 0 Å². The van der Waals surface area contributed by atoms with Crippen LogP contribution >= 0.6 is 0 Å². The van der Waals surface area contributed by atoms with Crippen LogP contribution in [0.5, 0.6) is 0 Å². The number of rotatable bonds is 6. The molecule has 1 fully saturated rings. The minimum atomic E-state index is -0.402. The summed E-state index contributed by atoms with van der Waals surface area (Å²) < 4.78 is 5.68. The summed E-state index contributed by atoms with van der Waals surface area (Å²) in [6.45, 7) is 8.28. The highest BCUT2D eigenvalue weighted by Crippen LogP contribution is 2.21. The fourth-order valence-electron chi connectivity index (χ4n) is 2.92. The zero-order chi connectivity index (χ0) is 15.3. The van der Waals surface area contributed by atoms with Gasteiger partial charge in [-0.2, -0.15) is 0 Å². The van der Waals surface area contributed by atoms with Crippen molar-refractivity contribution in [2.75, 3.05) is 19.7 Å². The number of aliphatic hydroxyl groups excluding tert-OH is 1. The van der Waals surface area contributed by atoms with Crippen molar-refractivity contribution in [1.82, 2.24) is 4.90 Å². The summed E-state index contributed by atoms with van der Waals surface area (Å²) in [5, 5.41) is 10.2. The standard InChI is InChI=1S/C18H29NO2/c1-18(2,3)21-14-17(20)13-19-11-7-10-16(19)12-15-8-5-4-6-9-15/h4-6,8-9,16-17,20H,7,10-14H2,1-3H3. The molecule has 1 N–H and O–H groups in total. The minimum absolute atomic E-state index is 0.185. The highest BCUT2D eigenvalue weighted by molar-refractivity contribution is 5.16. The van der Waals surface area contributed by atoms with Gasteiger partial charge in [-0.05, 0) is 52.1 Å². The lowest BCUT2D eigenvalue weighted by Crippen LogP contribution is -2.40. The third-order valence-electron chi connectivity index (χ3n) is 3.97. The van der Waals surface area contributed by atoms with E-state index < -0.39 is 6.10 Å². The first-order valence-electron chi connectivity index (χ1n) is 8.04. The number of hydrogen-bond donors (Lipinski definition) is 1. The van der Waals surface area contributed by atoms with Crippen LogP contribution in [0.2, 0.25) is 0 Å². The maximum absolute atomic E-state index is 10.2. The number of β-amino-alcohol motifs (C(OH)–C–C–N with tert-alkyl or cyclic N) is 1. The van der Waals surface area contributed by atoms with Crippen LogP contribution in [0.1, 0.15) is 39.2 Å². The van der Waals surface area contributed by atoms with Gasteiger partial charge in [0.25, 0.3) is 0 Å². The number of aliphatic hydroxyl groups is 1. The third kappa shape index (κ3) is 5.77. The maximum Gasteiger partial charge on any atom is 0.0900 e.